The second-order valence-corrected chi connectivity index (χ2v) is 14.4. The van der Waals surface area contributed by atoms with Gasteiger partial charge in [-0.25, -0.2) is 4.98 Å². The van der Waals surface area contributed by atoms with Crippen LogP contribution < -0.4 is 5.56 Å². The van der Waals surface area contributed by atoms with Crippen LogP contribution in [0, 0.1) is 17.8 Å². The number of carbonyl (C=O) groups is 1. The van der Waals surface area contributed by atoms with Crippen molar-refractivity contribution in [1.82, 2.24) is 19.4 Å². The zero-order valence-electron chi connectivity index (χ0n) is 27.6. The summed E-state index contributed by atoms with van der Waals surface area (Å²) in [5.74, 6) is 1.69. The average molecular weight is 620 g/mol. The fraction of sp³-hybridized carbons (Fsp3) is 0.722. The van der Waals surface area contributed by atoms with Crippen LogP contribution in [0.25, 0.3) is 11.0 Å². The van der Waals surface area contributed by atoms with Crippen LogP contribution in [0.5, 0.6) is 0 Å². The fourth-order valence-electron chi connectivity index (χ4n) is 9.56. The number of carboxylic acid groups (broad SMARTS) is 1. The Labute approximate surface area is 268 Å². The maximum absolute atomic E-state index is 14.5. The van der Waals surface area contributed by atoms with Gasteiger partial charge in [0.2, 0.25) is 0 Å². The van der Waals surface area contributed by atoms with Gasteiger partial charge in [-0.2, -0.15) is 0 Å². The largest absolute Gasteiger partial charge is 0.481 e. The molecule has 7 atom stereocenters. The van der Waals surface area contributed by atoms with Gasteiger partial charge in [-0.3, -0.25) is 14.5 Å². The average Bonchev–Trinajstić information content (AvgIpc) is 3.01. The highest BCUT2D eigenvalue weighted by Gasteiger charge is 2.46. The molecule has 246 valence electrons. The monoisotopic (exact) mass is 619 g/mol. The van der Waals surface area contributed by atoms with Crippen LogP contribution in [-0.2, 0) is 9.63 Å². The van der Waals surface area contributed by atoms with Crippen LogP contribution in [0.2, 0.25) is 0 Å². The number of hydrogen-bond donors (Lipinski definition) is 1. The second-order valence-electron chi connectivity index (χ2n) is 14.4. The smallest absolute Gasteiger partial charge is 0.303 e. The Balaban J connectivity index is 1.30. The molecule has 4 bridgehead atoms. The molecule has 1 aromatic heterocycles. The van der Waals surface area contributed by atoms with E-state index >= 15 is 0 Å². The molecular formula is C36H53N5O4. The van der Waals surface area contributed by atoms with E-state index in [0.717, 1.165) is 54.7 Å². The Morgan fingerprint density at radius 2 is 1.64 bits per heavy atom. The van der Waals surface area contributed by atoms with Gasteiger partial charge in [0.25, 0.3) is 5.56 Å². The lowest BCUT2D eigenvalue weighted by Gasteiger charge is -2.55. The molecule has 2 aromatic rings. The molecule has 0 amide bonds. The van der Waals surface area contributed by atoms with Gasteiger partial charge in [-0.05, 0) is 101 Å². The van der Waals surface area contributed by atoms with Crippen LogP contribution in [0.3, 0.4) is 0 Å². The molecule has 2 saturated heterocycles. The molecule has 9 heteroatoms. The Morgan fingerprint density at radius 1 is 0.956 bits per heavy atom. The molecule has 1 aromatic carbocycles. The molecule has 3 heterocycles. The molecule has 0 radical (unpaired) electrons. The van der Waals surface area contributed by atoms with E-state index in [1.165, 1.54) is 51.4 Å². The molecule has 6 rings (SSSR count). The predicted octanol–water partition coefficient (Wildman–Crippen LogP) is 6.10. The molecule has 1 unspecified atom stereocenters. The number of fused-ring (bicyclic) bond motifs is 5. The van der Waals surface area contributed by atoms with Crippen LogP contribution in [0.1, 0.15) is 110 Å². The van der Waals surface area contributed by atoms with Gasteiger partial charge in [0.15, 0.2) is 5.69 Å². The topological polar surface area (TPSA) is 100 Å². The highest BCUT2D eigenvalue weighted by Crippen LogP contribution is 2.48. The van der Waals surface area contributed by atoms with Gasteiger partial charge in [0, 0.05) is 37.1 Å². The Kier molecular flexibility index (Phi) is 10.2. The standard InChI is InChI=1S/C36H53N5O4/c1-4-39(5-2)15-16-45-38-32(13-14-34(42)43)35-36(44)41(33-12-7-6-11-31(33)37-35)30-22-27-9-8-10-28(23-30)40(27)29-20-25-17-24(3)18-26(19-25)21-29/h6-7,11-12,24-30H,4-5,8-10,13-23H2,1-3H3,(H,42,43)/b38-32+/t24-,25-,26+,27-,28+,29?,30+. The van der Waals surface area contributed by atoms with E-state index < -0.39 is 5.97 Å². The zero-order valence-corrected chi connectivity index (χ0v) is 27.6. The SMILES string of the molecule is CCN(CC)CCO/N=C(\CCC(=O)O)c1nc2ccccc2n([C@H]2C[C@H]3CCC[C@@H](C2)N3C2C[C@@H]3C[C@@H](C)C[C@H](C2)C3)c1=O. The quantitative estimate of drug-likeness (QED) is 0.174. The molecule has 4 fully saturated rings. The minimum absolute atomic E-state index is 0.0723. The van der Waals surface area contributed by atoms with Crippen molar-refractivity contribution in [2.45, 2.75) is 122 Å². The number of rotatable bonds is 12. The molecule has 2 aliphatic heterocycles. The Morgan fingerprint density at radius 3 is 2.31 bits per heavy atom. The van der Waals surface area contributed by atoms with Crippen LogP contribution in [0.15, 0.2) is 34.2 Å². The first-order valence-electron chi connectivity index (χ1n) is 17.8. The molecule has 4 aliphatic rings. The van der Waals surface area contributed by atoms with E-state index in [0.29, 0.717) is 37.0 Å². The van der Waals surface area contributed by atoms with Crippen LogP contribution >= 0.6 is 0 Å². The third kappa shape index (κ3) is 7.14. The summed E-state index contributed by atoms with van der Waals surface area (Å²) in [6, 6.07) is 9.62. The van der Waals surface area contributed by atoms with E-state index in [9.17, 15) is 14.7 Å². The molecule has 45 heavy (non-hydrogen) atoms. The van der Waals surface area contributed by atoms with Crippen molar-refractivity contribution in [3.05, 3.63) is 40.3 Å². The fourth-order valence-corrected chi connectivity index (χ4v) is 9.56. The molecule has 1 N–H and O–H groups in total. The summed E-state index contributed by atoms with van der Waals surface area (Å²) < 4.78 is 1.99. The van der Waals surface area contributed by atoms with E-state index in [2.05, 4.69) is 35.7 Å². The number of piperidine rings is 2. The van der Waals surface area contributed by atoms with Crippen molar-refractivity contribution >= 4 is 22.7 Å². The molecule has 2 saturated carbocycles. The minimum Gasteiger partial charge on any atom is -0.481 e. The molecule has 0 spiro atoms. The van der Waals surface area contributed by atoms with Gasteiger partial charge in [-0.1, -0.05) is 44.5 Å². The lowest BCUT2D eigenvalue weighted by Crippen LogP contribution is -2.59. The van der Waals surface area contributed by atoms with Gasteiger partial charge >= 0.3 is 5.97 Å². The highest BCUT2D eigenvalue weighted by atomic mass is 16.6. The van der Waals surface area contributed by atoms with Gasteiger partial charge in [-0.15, -0.1) is 0 Å². The van der Waals surface area contributed by atoms with E-state index in [-0.39, 0.29) is 30.1 Å². The molecule has 9 nitrogen and oxygen atoms in total. The van der Waals surface area contributed by atoms with Crippen molar-refractivity contribution in [2.75, 3.05) is 26.2 Å². The maximum atomic E-state index is 14.5. The summed E-state index contributed by atoms with van der Waals surface area (Å²) in [6.45, 7) is 9.55. The zero-order chi connectivity index (χ0) is 31.5. The van der Waals surface area contributed by atoms with Gasteiger partial charge in [0.05, 0.1) is 17.5 Å². The summed E-state index contributed by atoms with van der Waals surface area (Å²) in [4.78, 5) is 41.7. The third-order valence-corrected chi connectivity index (χ3v) is 11.4. The molecule has 2 aliphatic carbocycles. The number of likely N-dealkylation sites (N-methyl/N-ethyl adjacent to an activating group) is 1. The third-order valence-electron chi connectivity index (χ3n) is 11.4. The number of nitrogens with zero attached hydrogens (tertiary/aromatic N) is 5. The first kappa shape index (κ1) is 32.2. The van der Waals surface area contributed by atoms with Crippen LogP contribution in [-0.4, -0.2) is 80.5 Å². The predicted molar refractivity (Wildman–Crippen MR) is 178 cm³/mol. The Hall–Kier alpha value is -2.78. The van der Waals surface area contributed by atoms with Crippen molar-refractivity contribution in [3.8, 4) is 0 Å². The maximum Gasteiger partial charge on any atom is 0.303 e. The minimum atomic E-state index is -0.937. The van der Waals surface area contributed by atoms with Crippen molar-refractivity contribution in [3.63, 3.8) is 0 Å². The van der Waals surface area contributed by atoms with E-state index in [4.69, 9.17) is 9.82 Å². The summed E-state index contributed by atoms with van der Waals surface area (Å²) in [5, 5.41) is 13.9. The van der Waals surface area contributed by atoms with Crippen molar-refractivity contribution < 1.29 is 14.7 Å². The normalized spacial score (nSPS) is 30.5. The summed E-state index contributed by atoms with van der Waals surface area (Å²) in [6.07, 6.45) is 12.5. The Bertz CT molecular complexity index is 1390. The number of benzene rings is 1. The number of hydrogen-bond acceptors (Lipinski definition) is 7. The van der Waals surface area contributed by atoms with Gasteiger partial charge in [0.1, 0.15) is 12.3 Å². The summed E-state index contributed by atoms with van der Waals surface area (Å²) in [7, 11) is 0. The number of oxime groups is 1. The number of aromatic nitrogens is 2. The first-order valence-corrected chi connectivity index (χ1v) is 17.8. The van der Waals surface area contributed by atoms with Crippen molar-refractivity contribution in [2.24, 2.45) is 22.9 Å². The summed E-state index contributed by atoms with van der Waals surface area (Å²) >= 11 is 0. The first-order chi connectivity index (χ1) is 21.8. The number of aliphatic carboxylic acids is 1. The second kappa shape index (κ2) is 14.3. The summed E-state index contributed by atoms with van der Waals surface area (Å²) in [5.41, 5.74) is 1.95. The van der Waals surface area contributed by atoms with Crippen molar-refractivity contribution in [1.29, 1.82) is 0 Å². The van der Waals surface area contributed by atoms with E-state index in [1.807, 2.05) is 28.8 Å². The number of para-hydroxylation sites is 2. The highest BCUT2D eigenvalue weighted by molar-refractivity contribution is 6.00. The van der Waals surface area contributed by atoms with Gasteiger partial charge < -0.3 is 19.4 Å². The number of carboxylic acids is 1. The molecular weight excluding hydrogens is 566 g/mol. The van der Waals surface area contributed by atoms with E-state index in [1.54, 1.807) is 0 Å². The van der Waals surface area contributed by atoms with Crippen LogP contribution in [0.4, 0.5) is 0 Å². The lowest BCUT2D eigenvalue weighted by atomic mass is 9.65. The lowest BCUT2D eigenvalue weighted by molar-refractivity contribution is -0.136.